The third kappa shape index (κ3) is 16.2. The molecule has 0 bridgehead atoms. The number of hydrogen-bond donors (Lipinski definition) is 0. The van der Waals surface area contributed by atoms with E-state index in [0.717, 1.165) is 34.3 Å². The average Bonchev–Trinajstić information content (AvgIpc) is 2.88. The minimum absolute atomic E-state index is 0. The van der Waals surface area contributed by atoms with Gasteiger partial charge in [0, 0.05) is 0 Å². The molecule has 0 aliphatic carbocycles. The maximum atomic E-state index is 2.23. The van der Waals surface area contributed by atoms with E-state index in [1.807, 2.05) is 0 Å². The van der Waals surface area contributed by atoms with Crippen molar-refractivity contribution in [2.24, 2.45) is 0 Å². The monoisotopic (exact) mass is 620 g/mol. The second kappa shape index (κ2) is 22.8. The van der Waals surface area contributed by atoms with Crippen LogP contribution in [0.15, 0.2) is 121 Å². The van der Waals surface area contributed by atoms with Crippen LogP contribution in [0.2, 0.25) is 0 Å². The quantitative estimate of drug-likeness (QED) is 0.133. The van der Waals surface area contributed by atoms with Crippen molar-refractivity contribution < 1.29 is 41.3 Å². The Morgan fingerprint density at radius 2 is 0.486 bits per heavy atom. The Kier molecular flexibility index (Phi) is 22.6. The second-order valence-electron chi connectivity index (χ2n) is 7.17. The fourth-order valence-corrected chi connectivity index (χ4v) is 7.92. The Morgan fingerprint density at radius 3 is 0.657 bits per heavy atom. The van der Waals surface area contributed by atoms with Crippen molar-refractivity contribution in [3.63, 3.8) is 0 Å². The van der Waals surface area contributed by atoms with Crippen molar-refractivity contribution in [2.45, 2.75) is 0 Å². The average molecular weight is 622 g/mol. The molecule has 4 rings (SSSR count). The Hall–Kier alpha value is -0.326. The van der Waals surface area contributed by atoms with Gasteiger partial charge in [-0.15, -0.1) is 0 Å². The Balaban J connectivity index is 0.000000608. The van der Waals surface area contributed by atoms with Gasteiger partial charge in [0.1, 0.15) is 0 Å². The molecule has 4 atom stereocenters. The van der Waals surface area contributed by atoms with Gasteiger partial charge in [0.15, 0.2) is 0 Å². The summed E-state index contributed by atoms with van der Waals surface area (Å²) in [6.07, 6.45) is 5.27. The van der Waals surface area contributed by atoms with Gasteiger partial charge in [0.2, 0.25) is 0 Å². The van der Waals surface area contributed by atoms with Crippen LogP contribution in [-0.4, -0.2) is 24.6 Å². The molecule has 188 valence electrons. The summed E-state index contributed by atoms with van der Waals surface area (Å²) < 4.78 is 0. The van der Waals surface area contributed by atoms with Crippen LogP contribution in [0.5, 0.6) is 0 Å². The van der Waals surface area contributed by atoms with Crippen LogP contribution in [0.4, 0.5) is 0 Å². The van der Waals surface area contributed by atoms with E-state index in [2.05, 4.69) is 121 Å². The number of halogens is 2. The zero-order valence-electron chi connectivity index (χ0n) is 19.4. The summed E-state index contributed by atoms with van der Waals surface area (Å²) >= 11 is 0. The molecule has 4 aromatic rings. The SMILES string of the molecule is [Cl-].[Cl-].[Ni+2].c1ccc(PCCPc2ccccc2)cc1.c1ccc(PCCPc2ccccc2)cc1. The first-order chi connectivity index (χ1) is 15.9. The van der Waals surface area contributed by atoms with E-state index in [1.165, 1.54) is 45.9 Å². The summed E-state index contributed by atoms with van der Waals surface area (Å²) in [6, 6.07) is 43.2. The predicted octanol–water partition coefficient (Wildman–Crippen LogP) is -0.00570. The molecule has 0 saturated carbocycles. The number of hydrogen-bond acceptors (Lipinski definition) is 0. The van der Waals surface area contributed by atoms with Crippen molar-refractivity contribution in [3.8, 4) is 0 Å². The van der Waals surface area contributed by atoms with E-state index in [4.69, 9.17) is 0 Å². The summed E-state index contributed by atoms with van der Waals surface area (Å²) in [4.78, 5) is 0. The van der Waals surface area contributed by atoms with Crippen LogP contribution in [0.3, 0.4) is 0 Å². The molecule has 0 heterocycles. The Bertz CT molecular complexity index is 813. The topological polar surface area (TPSA) is 0 Å². The first kappa shape index (κ1) is 34.7. The van der Waals surface area contributed by atoms with Gasteiger partial charge in [-0.3, -0.25) is 0 Å². The van der Waals surface area contributed by atoms with E-state index in [0.29, 0.717) is 0 Å². The Morgan fingerprint density at radius 1 is 0.314 bits per heavy atom. The van der Waals surface area contributed by atoms with Gasteiger partial charge < -0.3 is 24.8 Å². The van der Waals surface area contributed by atoms with Gasteiger partial charge in [0.05, 0.1) is 0 Å². The van der Waals surface area contributed by atoms with Crippen molar-refractivity contribution >= 4 is 55.5 Å². The zero-order valence-corrected chi connectivity index (χ0v) is 25.9. The van der Waals surface area contributed by atoms with Gasteiger partial charge in [-0.05, 0) is 45.9 Å². The van der Waals surface area contributed by atoms with Crippen molar-refractivity contribution in [3.05, 3.63) is 121 Å². The van der Waals surface area contributed by atoms with Gasteiger partial charge >= 0.3 is 16.5 Å². The van der Waals surface area contributed by atoms with Crippen molar-refractivity contribution in [2.75, 3.05) is 24.6 Å². The summed E-state index contributed by atoms with van der Waals surface area (Å²) in [7, 11) is 3.85. The molecule has 0 spiro atoms. The zero-order chi connectivity index (χ0) is 22.1. The molecular formula is C28H32Cl2NiP4. The fourth-order valence-electron chi connectivity index (χ4n) is 3.05. The molecule has 4 aromatic carbocycles. The molecule has 0 radical (unpaired) electrons. The van der Waals surface area contributed by atoms with E-state index >= 15 is 0 Å². The predicted molar refractivity (Wildman–Crippen MR) is 157 cm³/mol. The summed E-state index contributed by atoms with van der Waals surface area (Å²) in [5, 5.41) is 5.95. The minimum atomic E-state index is 0. The number of rotatable bonds is 10. The molecule has 0 fully saturated rings. The standard InChI is InChI=1S/2C14H16P2.2ClH.Ni/c2*1-3-7-13(8-4-1)15-11-12-16-14-9-5-2-6-10-14;;;/h2*1-10,15-16H,11-12H2;2*1H;/q;;;;+2/p-2. The van der Waals surface area contributed by atoms with Crippen LogP contribution < -0.4 is 46.0 Å². The van der Waals surface area contributed by atoms with Crippen LogP contribution in [0.1, 0.15) is 0 Å². The maximum Gasteiger partial charge on any atom is 2.00 e. The fraction of sp³-hybridized carbons (Fsp3) is 0.143. The normalized spacial score (nSPS) is 10.7. The third-order valence-corrected chi connectivity index (χ3v) is 10.6. The first-order valence-corrected chi connectivity index (χ1v) is 15.9. The molecule has 0 nitrogen and oxygen atoms in total. The van der Waals surface area contributed by atoms with Gasteiger partial charge in [-0.1, -0.05) is 156 Å². The molecule has 0 saturated heterocycles. The summed E-state index contributed by atoms with van der Waals surface area (Å²) in [5.74, 6) is 0. The molecule has 0 N–H and O–H groups in total. The largest absolute Gasteiger partial charge is 2.00 e. The third-order valence-electron chi connectivity index (χ3n) is 4.66. The van der Waals surface area contributed by atoms with Gasteiger partial charge in [-0.25, -0.2) is 0 Å². The molecule has 4 unspecified atom stereocenters. The van der Waals surface area contributed by atoms with Gasteiger partial charge in [-0.2, -0.15) is 0 Å². The van der Waals surface area contributed by atoms with E-state index in [1.54, 1.807) is 0 Å². The van der Waals surface area contributed by atoms with E-state index in [9.17, 15) is 0 Å². The van der Waals surface area contributed by atoms with Crippen LogP contribution in [-0.2, 0) is 16.5 Å². The van der Waals surface area contributed by atoms with Crippen LogP contribution in [0, 0.1) is 0 Å². The maximum absolute atomic E-state index is 2.23. The van der Waals surface area contributed by atoms with E-state index in [-0.39, 0.29) is 41.3 Å². The minimum Gasteiger partial charge on any atom is -1.00 e. The molecule has 0 amide bonds. The summed E-state index contributed by atoms with van der Waals surface area (Å²) in [5.41, 5.74) is 0. The van der Waals surface area contributed by atoms with Gasteiger partial charge in [0.25, 0.3) is 0 Å². The molecule has 0 aliphatic rings. The molecule has 0 aromatic heterocycles. The van der Waals surface area contributed by atoms with Crippen molar-refractivity contribution in [1.29, 1.82) is 0 Å². The first-order valence-electron chi connectivity index (χ1n) is 11.1. The molecule has 0 aliphatic heterocycles. The molecule has 7 heteroatoms. The summed E-state index contributed by atoms with van der Waals surface area (Å²) in [6.45, 7) is 0. The van der Waals surface area contributed by atoms with Crippen LogP contribution in [0.25, 0.3) is 0 Å². The second-order valence-corrected chi connectivity index (χ2v) is 12.9. The Labute approximate surface area is 241 Å². The van der Waals surface area contributed by atoms with Crippen molar-refractivity contribution in [1.82, 2.24) is 0 Å². The smallest absolute Gasteiger partial charge is 1.00 e. The number of benzene rings is 4. The molecular weight excluding hydrogens is 590 g/mol. The van der Waals surface area contributed by atoms with Crippen LogP contribution >= 0.6 is 34.3 Å². The van der Waals surface area contributed by atoms with E-state index < -0.39 is 0 Å². The molecule has 35 heavy (non-hydrogen) atoms.